The fraction of sp³-hybridized carbons (Fsp3) is 0.0741. The molecule has 0 aliphatic carbocycles. The van der Waals surface area contributed by atoms with Crippen molar-refractivity contribution >= 4 is 33.2 Å². The van der Waals surface area contributed by atoms with E-state index in [0.717, 1.165) is 0 Å². The first-order chi connectivity index (χ1) is 17.7. The van der Waals surface area contributed by atoms with Gasteiger partial charge in [0.05, 0.1) is 10.6 Å². The Labute approximate surface area is 214 Å². The number of rotatable bonds is 8. The van der Waals surface area contributed by atoms with Gasteiger partial charge in [-0.15, -0.1) is 5.11 Å². The lowest BCUT2D eigenvalue weighted by Gasteiger charge is -2.08. The lowest BCUT2D eigenvalue weighted by Crippen LogP contribution is -2.15. The van der Waals surface area contributed by atoms with Gasteiger partial charge < -0.3 is 5.11 Å². The minimum absolute atomic E-state index is 0.0214. The van der Waals surface area contributed by atoms with E-state index in [2.05, 4.69) is 24.9 Å². The average Bonchev–Trinajstić information content (AvgIpc) is 2.89. The molecule has 4 rings (SSSR count). The second-order valence-electron chi connectivity index (χ2n) is 8.03. The Balaban J connectivity index is 1.62. The number of sulfonamides is 1. The molecule has 0 bridgehead atoms. The van der Waals surface area contributed by atoms with Gasteiger partial charge in [0.1, 0.15) is 0 Å². The molecule has 0 atom stereocenters. The summed E-state index contributed by atoms with van der Waals surface area (Å²) in [4.78, 5) is 21.3. The number of anilines is 1. The van der Waals surface area contributed by atoms with Gasteiger partial charge in [0, 0.05) is 22.5 Å². The van der Waals surface area contributed by atoms with E-state index in [1.165, 1.54) is 24.3 Å². The highest BCUT2D eigenvalue weighted by atomic mass is 32.2. The van der Waals surface area contributed by atoms with Crippen LogP contribution in [-0.4, -0.2) is 29.3 Å². The molecule has 0 spiro atoms. The topological polar surface area (TPSA) is 134 Å². The summed E-state index contributed by atoms with van der Waals surface area (Å²) in [6.45, 7) is 3.49. The number of benzene rings is 3. The molecule has 1 heterocycles. The first-order valence-corrected chi connectivity index (χ1v) is 12.7. The molecular weight excluding hydrogens is 490 g/mol. The Morgan fingerprint density at radius 2 is 1.35 bits per heavy atom. The first kappa shape index (κ1) is 25.4. The van der Waals surface area contributed by atoms with Gasteiger partial charge in [-0.1, -0.05) is 60.7 Å². The number of aromatic nitrogens is 2. The number of Topliss-reactive ketones (excluding diaryl/α,β-unsaturated/α-hetero) is 1. The lowest BCUT2D eigenvalue weighted by atomic mass is 10.1. The number of carbonyl (C=O) groups is 1. The van der Waals surface area contributed by atoms with Crippen molar-refractivity contribution in [1.29, 1.82) is 0 Å². The first-order valence-electron chi connectivity index (χ1n) is 11.2. The van der Waals surface area contributed by atoms with Crippen LogP contribution >= 0.6 is 0 Å². The second-order valence-corrected chi connectivity index (χ2v) is 9.71. The van der Waals surface area contributed by atoms with Gasteiger partial charge in [-0.05, 0) is 44.2 Å². The van der Waals surface area contributed by atoms with Gasteiger partial charge in [0.2, 0.25) is 11.7 Å². The Morgan fingerprint density at radius 3 is 1.92 bits per heavy atom. The smallest absolute Gasteiger partial charge is 0.264 e. The second kappa shape index (κ2) is 10.9. The van der Waals surface area contributed by atoms with Gasteiger partial charge in [-0.3, -0.25) is 4.79 Å². The van der Waals surface area contributed by atoms with E-state index in [1.807, 2.05) is 0 Å². The zero-order chi connectivity index (χ0) is 26.4. The highest BCUT2D eigenvalue weighted by Gasteiger charge is 2.19. The highest BCUT2D eigenvalue weighted by Crippen LogP contribution is 2.24. The van der Waals surface area contributed by atoms with Gasteiger partial charge in [0.15, 0.2) is 11.5 Å². The molecule has 0 unspecified atom stereocenters. The molecular formula is C27H23N5O4S. The quantitative estimate of drug-likeness (QED) is 0.133. The summed E-state index contributed by atoms with van der Waals surface area (Å²) in [6, 6.07) is 24.2. The molecule has 0 aliphatic heterocycles. The van der Waals surface area contributed by atoms with Gasteiger partial charge >= 0.3 is 0 Å². The van der Waals surface area contributed by atoms with Crippen LogP contribution in [0.1, 0.15) is 27.3 Å². The Morgan fingerprint density at radius 1 is 0.811 bits per heavy atom. The standard InChI is InChI=1S/C27H23N5O4S/c1-18-17-19(2)29-27(28-18)32-37(35,36)23-15-13-22(14-16-23)30-31-24(25(33)20-9-5-3-6-10-20)26(34)21-11-7-4-8-12-21/h3-17,33H,1-2H3,(H,28,29,32)/b25-24+,31-30?. The van der Waals surface area contributed by atoms with Crippen LogP contribution in [0.5, 0.6) is 0 Å². The number of carbonyl (C=O) groups excluding carboxylic acids is 1. The van der Waals surface area contributed by atoms with Crippen molar-refractivity contribution in [2.75, 3.05) is 4.72 Å². The molecule has 2 N–H and O–H groups in total. The third kappa shape index (κ3) is 6.30. The Bertz CT molecular complexity index is 1570. The van der Waals surface area contributed by atoms with Crippen LogP contribution in [0, 0.1) is 13.8 Å². The third-order valence-electron chi connectivity index (χ3n) is 5.14. The number of nitrogens with zero attached hydrogens (tertiary/aromatic N) is 4. The molecule has 0 radical (unpaired) electrons. The van der Waals surface area contributed by atoms with Gasteiger partial charge in [-0.2, -0.15) is 5.11 Å². The fourth-order valence-electron chi connectivity index (χ4n) is 3.41. The number of aliphatic hydroxyl groups is 1. The summed E-state index contributed by atoms with van der Waals surface area (Å²) in [5.41, 5.74) is 2.03. The largest absolute Gasteiger partial charge is 0.505 e. The minimum Gasteiger partial charge on any atom is -0.505 e. The van der Waals surface area contributed by atoms with Crippen LogP contribution in [0.2, 0.25) is 0 Å². The molecule has 4 aromatic rings. The van der Waals surface area contributed by atoms with E-state index < -0.39 is 15.8 Å². The molecule has 0 saturated carbocycles. The minimum atomic E-state index is -3.94. The van der Waals surface area contributed by atoms with Gasteiger partial charge in [0.25, 0.3) is 10.0 Å². The van der Waals surface area contributed by atoms with Crippen LogP contribution in [0.15, 0.2) is 112 Å². The van der Waals surface area contributed by atoms with E-state index in [9.17, 15) is 18.3 Å². The summed E-state index contributed by atoms with van der Waals surface area (Å²) in [6.07, 6.45) is 0. The van der Waals surface area contributed by atoms with Crippen LogP contribution < -0.4 is 4.72 Å². The van der Waals surface area contributed by atoms with Crippen LogP contribution in [0.25, 0.3) is 5.76 Å². The number of aryl methyl sites for hydroxylation is 2. The molecule has 0 fully saturated rings. The number of hydrogen-bond donors (Lipinski definition) is 2. The molecule has 1 aromatic heterocycles. The molecule has 0 amide bonds. The molecule has 3 aromatic carbocycles. The number of allylic oxidation sites excluding steroid dienone is 1. The van der Waals surface area contributed by atoms with Gasteiger partial charge in [-0.25, -0.2) is 23.1 Å². The molecule has 37 heavy (non-hydrogen) atoms. The Hall–Kier alpha value is -4.70. The monoisotopic (exact) mass is 513 g/mol. The fourth-order valence-corrected chi connectivity index (χ4v) is 4.35. The number of ketones is 1. The summed E-state index contributed by atoms with van der Waals surface area (Å²) in [5.74, 6) is -0.857. The zero-order valence-electron chi connectivity index (χ0n) is 20.0. The summed E-state index contributed by atoms with van der Waals surface area (Å²) in [7, 11) is -3.94. The lowest BCUT2D eigenvalue weighted by molar-refractivity contribution is 0.103. The summed E-state index contributed by atoms with van der Waals surface area (Å²) < 4.78 is 27.9. The van der Waals surface area contributed by atoms with Crippen molar-refractivity contribution in [3.63, 3.8) is 0 Å². The number of nitrogens with one attached hydrogen (secondary N) is 1. The van der Waals surface area contributed by atoms with Crippen molar-refractivity contribution in [2.45, 2.75) is 18.7 Å². The normalized spacial score (nSPS) is 12.3. The Kier molecular flexibility index (Phi) is 7.49. The van der Waals surface area contributed by atoms with E-state index >= 15 is 0 Å². The molecule has 10 heteroatoms. The van der Waals surface area contributed by atoms with E-state index in [4.69, 9.17) is 0 Å². The summed E-state index contributed by atoms with van der Waals surface area (Å²) >= 11 is 0. The van der Waals surface area contributed by atoms with Crippen LogP contribution in [-0.2, 0) is 10.0 Å². The number of hydrogen-bond acceptors (Lipinski definition) is 8. The van der Waals surface area contributed by atoms with E-state index in [1.54, 1.807) is 80.6 Å². The van der Waals surface area contributed by atoms with Crippen LogP contribution in [0.3, 0.4) is 0 Å². The molecule has 0 aliphatic rings. The third-order valence-corrected chi connectivity index (χ3v) is 6.49. The van der Waals surface area contributed by atoms with Crippen molar-refractivity contribution in [2.24, 2.45) is 10.2 Å². The zero-order valence-corrected chi connectivity index (χ0v) is 20.8. The van der Waals surface area contributed by atoms with Crippen LogP contribution in [0.4, 0.5) is 11.6 Å². The number of azo groups is 1. The highest BCUT2D eigenvalue weighted by molar-refractivity contribution is 7.92. The maximum atomic E-state index is 13.1. The van der Waals surface area contributed by atoms with Crippen molar-refractivity contribution in [3.05, 3.63) is 119 Å². The van der Waals surface area contributed by atoms with Crippen molar-refractivity contribution in [1.82, 2.24) is 9.97 Å². The van der Waals surface area contributed by atoms with Crippen molar-refractivity contribution in [3.8, 4) is 0 Å². The SMILES string of the molecule is Cc1cc(C)nc(NS(=O)(=O)c2ccc(N=N/C(C(=O)c3ccccc3)=C(/O)c3ccccc3)cc2)n1. The molecule has 9 nitrogen and oxygen atoms in total. The average molecular weight is 514 g/mol. The molecule has 0 saturated heterocycles. The molecule has 186 valence electrons. The predicted octanol–water partition coefficient (Wildman–Crippen LogP) is 5.79. The van der Waals surface area contributed by atoms with Crippen molar-refractivity contribution < 1.29 is 18.3 Å². The number of aliphatic hydroxyl groups excluding tert-OH is 1. The van der Waals surface area contributed by atoms with E-state index in [0.29, 0.717) is 22.5 Å². The summed E-state index contributed by atoms with van der Waals surface area (Å²) in [5, 5.41) is 18.9. The van der Waals surface area contributed by atoms with E-state index in [-0.39, 0.29) is 28.0 Å². The maximum Gasteiger partial charge on any atom is 0.264 e. The predicted molar refractivity (Wildman–Crippen MR) is 140 cm³/mol. The maximum absolute atomic E-state index is 13.1.